The number of aliphatic hydroxyl groups is 1. The normalized spacial score (nSPS) is 17.1. The number of benzene rings is 1. The molecule has 1 aromatic carbocycles. The van der Waals surface area contributed by atoms with E-state index in [0.717, 1.165) is 12.8 Å². The Balaban J connectivity index is 2.21. The lowest BCUT2D eigenvalue weighted by Gasteiger charge is -2.09. The Hall–Kier alpha value is -1.13. The first-order chi connectivity index (χ1) is 7.58. The zero-order valence-electron chi connectivity index (χ0n) is 8.60. The van der Waals surface area contributed by atoms with Gasteiger partial charge >= 0.3 is 0 Å². The van der Waals surface area contributed by atoms with Crippen LogP contribution < -0.4 is 0 Å². The monoisotopic (exact) mass is 241 g/mol. The van der Waals surface area contributed by atoms with Crippen LogP contribution in [0.15, 0.2) is 18.2 Å². The summed E-state index contributed by atoms with van der Waals surface area (Å²) >= 11 is 5.71. The third-order valence-electron chi connectivity index (χ3n) is 2.84. The minimum atomic E-state index is -0.472. The molecule has 0 heterocycles. The lowest BCUT2D eigenvalue weighted by molar-refractivity contribution is -0.385. The molecule has 0 saturated heterocycles. The van der Waals surface area contributed by atoms with E-state index in [0.29, 0.717) is 22.9 Å². The largest absolute Gasteiger partial charge is 0.392 e. The molecule has 1 unspecified atom stereocenters. The highest BCUT2D eigenvalue weighted by molar-refractivity contribution is 6.30. The number of nitrogens with zero attached hydrogens (tertiary/aromatic N) is 1. The van der Waals surface area contributed by atoms with Crippen molar-refractivity contribution in [1.29, 1.82) is 0 Å². The number of aliphatic hydroxyl groups excluding tert-OH is 1. The molecule has 0 bridgehead atoms. The lowest BCUT2D eigenvalue weighted by Crippen LogP contribution is -2.13. The zero-order valence-corrected chi connectivity index (χ0v) is 9.35. The number of rotatable bonds is 4. The molecule has 5 heteroatoms. The molecule has 0 radical (unpaired) electrons. The van der Waals surface area contributed by atoms with Gasteiger partial charge in [0.15, 0.2) is 0 Å². The van der Waals surface area contributed by atoms with Crippen molar-refractivity contribution >= 4 is 17.3 Å². The van der Waals surface area contributed by atoms with E-state index >= 15 is 0 Å². The van der Waals surface area contributed by atoms with Crippen LogP contribution >= 0.6 is 11.6 Å². The smallest absolute Gasteiger partial charge is 0.274 e. The summed E-state index contributed by atoms with van der Waals surface area (Å²) in [5.41, 5.74) is 0.543. The second-order valence-corrected chi connectivity index (χ2v) is 4.58. The molecule has 1 aromatic rings. The van der Waals surface area contributed by atoms with E-state index in [-0.39, 0.29) is 5.69 Å². The average Bonchev–Trinajstić information content (AvgIpc) is 3.03. The van der Waals surface area contributed by atoms with E-state index in [1.54, 1.807) is 12.1 Å². The van der Waals surface area contributed by atoms with Crippen molar-refractivity contribution in [2.45, 2.75) is 25.4 Å². The van der Waals surface area contributed by atoms with Gasteiger partial charge in [0, 0.05) is 23.1 Å². The molecule has 2 rings (SSSR count). The van der Waals surface area contributed by atoms with Gasteiger partial charge in [-0.25, -0.2) is 0 Å². The first kappa shape index (κ1) is 11.4. The van der Waals surface area contributed by atoms with Gasteiger partial charge in [0.1, 0.15) is 0 Å². The Kier molecular flexibility index (Phi) is 3.12. The second kappa shape index (κ2) is 4.39. The molecular weight excluding hydrogens is 230 g/mol. The van der Waals surface area contributed by atoms with Crippen molar-refractivity contribution in [1.82, 2.24) is 0 Å². The number of hydrogen-bond acceptors (Lipinski definition) is 3. The predicted octanol–water partition coefficient (Wildman–Crippen LogP) is 2.56. The van der Waals surface area contributed by atoms with Gasteiger partial charge in [0.05, 0.1) is 11.0 Å². The number of nitro benzene ring substituents is 1. The molecule has 0 spiro atoms. The minimum absolute atomic E-state index is 0.00722. The Morgan fingerprint density at radius 1 is 1.56 bits per heavy atom. The van der Waals surface area contributed by atoms with Gasteiger partial charge in [-0.05, 0) is 24.8 Å². The lowest BCUT2D eigenvalue weighted by atomic mass is 10.0. The van der Waals surface area contributed by atoms with Crippen LogP contribution in [0, 0.1) is 16.0 Å². The van der Waals surface area contributed by atoms with Crippen LogP contribution in [0.4, 0.5) is 5.69 Å². The first-order valence-electron chi connectivity index (χ1n) is 5.19. The summed E-state index contributed by atoms with van der Waals surface area (Å²) in [6, 6.07) is 4.56. The molecular formula is C11H12ClNO3. The third kappa shape index (κ3) is 2.51. The number of hydrogen-bond donors (Lipinski definition) is 1. The topological polar surface area (TPSA) is 63.4 Å². The van der Waals surface area contributed by atoms with Gasteiger partial charge in [-0.1, -0.05) is 17.7 Å². The molecule has 0 aliphatic heterocycles. The standard InChI is InChI=1S/C11H12ClNO3/c12-9-4-3-8(10(6-9)13(15)16)5-11(14)7-1-2-7/h3-4,6-7,11,14H,1-2,5H2. The van der Waals surface area contributed by atoms with Crippen molar-refractivity contribution in [3.05, 3.63) is 38.9 Å². The average molecular weight is 242 g/mol. The number of halogens is 1. The van der Waals surface area contributed by atoms with Gasteiger partial charge in [0.25, 0.3) is 5.69 Å². The fraction of sp³-hybridized carbons (Fsp3) is 0.455. The molecule has 4 nitrogen and oxygen atoms in total. The summed E-state index contributed by atoms with van der Waals surface area (Å²) in [5, 5.41) is 20.9. The Labute approximate surface area is 98.0 Å². The third-order valence-corrected chi connectivity index (χ3v) is 3.07. The van der Waals surface area contributed by atoms with E-state index < -0.39 is 11.0 Å². The molecule has 1 saturated carbocycles. The maximum Gasteiger partial charge on any atom is 0.274 e. The van der Waals surface area contributed by atoms with Gasteiger partial charge in [0.2, 0.25) is 0 Å². The molecule has 0 amide bonds. The predicted molar refractivity (Wildman–Crippen MR) is 60.5 cm³/mol. The van der Waals surface area contributed by atoms with Gasteiger partial charge in [-0.2, -0.15) is 0 Å². The highest BCUT2D eigenvalue weighted by Gasteiger charge is 2.31. The van der Waals surface area contributed by atoms with Gasteiger partial charge < -0.3 is 5.11 Å². The van der Waals surface area contributed by atoms with E-state index in [1.165, 1.54) is 6.07 Å². The summed E-state index contributed by atoms with van der Waals surface area (Å²) in [6.45, 7) is 0. The van der Waals surface area contributed by atoms with Gasteiger partial charge in [-0.15, -0.1) is 0 Å². The highest BCUT2D eigenvalue weighted by atomic mass is 35.5. The minimum Gasteiger partial charge on any atom is -0.392 e. The van der Waals surface area contributed by atoms with Crippen molar-refractivity contribution in [3.8, 4) is 0 Å². The first-order valence-corrected chi connectivity index (χ1v) is 5.56. The molecule has 1 aliphatic rings. The van der Waals surface area contributed by atoms with Crippen LogP contribution in [0.1, 0.15) is 18.4 Å². The Bertz CT molecular complexity index is 418. The van der Waals surface area contributed by atoms with Crippen LogP contribution in [0.2, 0.25) is 5.02 Å². The van der Waals surface area contributed by atoms with Crippen molar-refractivity contribution < 1.29 is 10.0 Å². The maximum absolute atomic E-state index is 10.8. The molecule has 86 valence electrons. The summed E-state index contributed by atoms with van der Waals surface area (Å²) in [5.74, 6) is 0.315. The van der Waals surface area contributed by atoms with Crippen LogP contribution in [-0.4, -0.2) is 16.1 Å². The van der Waals surface area contributed by atoms with E-state index in [2.05, 4.69) is 0 Å². The fourth-order valence-electron chi connectivity index (χ4n) is 1.75. The summed E-state index contributed by atoms with van der Waals surface area (Å²) in [4.78, 5) is 10.3. The quantitative estimate of drug-likeness (QED) is 0.651. The molecule has 1 fully saturated rings. The van der Waals surface area contributed by atoms with Crippen LogP contribution in [0.25, 0.3) is 0 Å². The highest BCUT2D eigenvalue weighted by Crippen LogP contribution is 2.35. The van der Waals surface area contributed by atoms with Crippen LogP contribution in [0.3, 0.4) is 0 Å². The van der Waals surface area contributed by atoms with E-state index in [9.17, 15) is 15.2 Å². The molecule has 1 aliphatic carbocycles. The summed E-state index contributed by atoms with van der Waals surface area (Å²) < 4.78 is 0. The molecule has 1 N–H and O–H groups in total. The second-order valence-electron chi connectivity index (χ2n) is 4.14. The molecule has 16 heavy (non-hydrogen) atoms. The Morgan fingerprint density at radius 3 is 2.81 bits per heavy atom. The summed E-state index contributed by atoms with van der Waals surface area (Å²) in [6.07, 6.45) is 1.89. The molecule has 0 aromatic heterocycles. The van der Waals surface area contributed by atoms with Crippen LogP contribution in [-0.2, 0) is 6.42 Å². The van der Waals surface area contributed by atoms with Crippen LogP contribution in [0.5, 0.6) is 0 Å². The SMILES string of the molecule is O=[N+]([O-])c1cc(Cl)ccc1CC(O)C1CC1. The number of nitro groups is 1. The van der Waals surface area contributed by atoms with E-state index in [1.807, 2.05) is 0 Å². The zero-order chi connectivity index (χ0) is 11.7. The van der Waals surface area contributed by atoms with Crippen molar-refractivity contribution in [2.24, 2.45) is 5.92 Å². The van der Waals surface area contributed by atoms with E-state index in [4.69, 9.17) is 11.6 Å². The van der Waals surface area contributed by atoms with Crippen molar-refractivity contribution in [3.63, 3.8) is 0 Å². The summed E-state index contributed by atoms with van der Waals surface area (Å²) in [7, 11) is 0. The van der Waals surface area contributed by atoms with Gasteiger partial charge in [-0.3, -0.25) is 10.1 Å². The fourth-order valence-corrected chi connectivity index (χ4v) is 1.92. The Morgan fingerprint density at radius 2 is 2.25 bits per heavy atom. The molecule has 1 atom stereocenters. The van der Waals surface area contributed by atoms with Crippen molar-refractivity contribution in [2.75, 3.05) is 0 Å². The maximum atomic E-state index is 10.8.